The third-order valence-electron chi connectivity index (χ3n) is 12.3. The second-order valence-electron chi connectivity index (χ2n) is 17.3. The average molecular weight is 911 g/mol. The number of carbonyl (C=O) groups excluding carboxylic acids is 4. The summed E-state index contributed by atoms with van der Waals surface area (Å²) >= 11 is 0. The van der Waals surface area contributed by atoms with E-state index >= 15 is 0 Å². The molecule has 2 saturated heterocycles. The van der Waals surface area contributed by atoms with Crippen molar-refractivity contribution in [2.24, 2.45) is 11.8 Å². The number of aromatic nitrogens is 4. The Kier molecular flexibility index (Phi) is 15.3. The van der Waals surface area contributed by atoms with Crippen LogP contribution in [0.2, 0.25) is 0 Å². The van der Waals surface area contributed by atoms with Gasteiger partial charge in [-0.05, 0) is 85.0 Å². The molecule has 2 fully saturated rings. The quantitative estimate of drug-likeness (QED) is 0.0661. The lowest BCUT2D eigenvalue weighted by atomic mass is 9.97. The summed E-state index contributed by atoms with van der Waals surface area (Å²) in [5.74, 6) is 1.73. The lowest BCUT2D eigenvalue weighted by Gasteiger charge is -2.29. The number of hydrogen-bond donors (Lipinski definition) is 4. The number of nitrogens with one attached hydrogen (secondary N) is 4. The lowest BCUT2D eigenvalue weighted by molar-refractivity contribution is -0.136. The number of carbonyl (C=O) groups is 4. The second-order valence-corrected chi connectivity index (χ2v) is 17.3. The number of fused-ring (bicyclic) bond motifs is 2. The molecule has 18 nitrogen and oxygen atoms in total. The molecule has 4 amide bonds. The van der Waals surface area contributed by atoms with Crippen LogP contribution < -0.4 is 20.1 Å². The number of aromatic amines is 2. The van der Waals surface area contributed by atoms with Crippen LogP contribution in [0.25, 0.3) is 44.3 Å². The zero-order chi connectivity index (χ0) is 47.1. The Morgan fingerprint density at radius 2 is 1.03 bits per heavy atom. The van der Waals surface area contributed by atoms with Gasteiger partial charge in [0.15, 0.2) is 11.5 Å². The number of alkyl carbamates (subject to hydrolysis) is 2. The van der Waals surface area contributed by atoms with Crippen molar-refractivity contribution in [2.75, 3.05) is 68.0 Å². The summed E-state index contributed by atoms with van der Waals surface area (Å²) in [5.41, 5.74) is 6.31. The fraction of sp³-hybridized carbons (Fsp3) is 0.500. The van der Waals surface area contributed by atoms with Gasteiger partial charge in [-0.1, -0.05) is 39.8 Å². The van der Waals surface area contributed by atoms with Gasteiger partial charge in [-0.3, -0.25) is 9.59 Å². The van der Waals surface area contributed by atoms with Gasteiger partial charge in [-0.15, -0.1) is 0 Å². The van der Waals surface area contributed by atoms with Crippen molar-refractivity contribution in [1.82, 2.24) is 40.4 Å². The number of benzene rings is 3. The van der Waals surface area contributed by atoms with Crippen molar-refractivity contribution in [3.63, 3.8) is 0 Å². The molecular weight excluding hydrogens is 849 g/mol. The summed E-state index contributed by atoms with van der Waals surface area (Å²) in [6, 6.07) is 13.8. The van der Waals surface area contributed by atoms with E-state index in [1.807, 2.05) is 76.2 Å². The van der Waals surface area contributed by atoms with Crippen LogP contribution in [0.4, 0.5) is 9.59 Å². The summed E-state index contributed by atoms with van der Waals surface area (Å²) in [6.07, 6.45) is 1.75. The van der Waals surface area contributed by atoms with E-state index in [-0.39, 0.29) is 48.9 Å². The molecule has 5 aromatic rings. The molecule has 18 heteroatoms. The summed E-state index contributed by atoms with van der Waals surface area (Å²) in [7, 11) is 5.80. The first kappa shape index (κ1) is 47.6. The van der Waals surface area contributed by atoms with E-state index in [0.29, 0.717) is 49.5 Å². The molecular formula is C48H62N8O10. The Labute approximate surface area is 384 Å². The van der Waals surface area contributed by atoms with Crippen molar-refractivity contribution < 1.29 is 47.6 Å². The molecule has 66 heavy (non-hydrogen) atoms. The third-order valence-corrected chi connectivity index (χ3v) is 12.3. The van der Waals surface area contributed by atoms with Gasteiger partial charge < -0.3 is 58.8 Å². The zero-order valence-corrected chi connectivity index (χ0v) is 39.0. The van der Waals surface area contributed by atoms with Gasteiger partial charge in [-0.25, -0.2) is 19.6 Å². The summed E-state index contributed by atoms with van der Waals surface area (Å²) in [4.78, 5) is 72.5. The number of methoxy groups -OCH3 is 4. The van der Waals surface area contributed by atoms with Gasteiger partial charge in [0, 0.05) is 38.4 Å². The molecule has 0 unspecified atom stereocenters. The SMILES string of the molecule is COCCOc1c(-c2ccc3nc([C@@H]4CCCN4C(=O)[C@@H](NC(=O)OC)C(C)C)[nH]c3c2)ccc(-c2ccc3nc([C@@H]4CCCN4C(=O)[C@@H](NC(=O)OC)C(C)C)[nH]c3c2)c1OCCOC. The topological polar surface area (TPSA) is 212 Å². The molecule has 0 bridgehead atoms. The Morgan fingerprint density at radius 3 is 1.39 bits per heavy atom. The maximum Gasteiger partial charge on any atom is 0.407 e. The first-order chi connectivity index (χ1) is 31.9. The molecule has 7 rings (SSSR count). The molecule has 4 N–H and O–H groups in total. The second kappa shape index (κ2) is 21.3. The minimum atomic E-state index is -0.741. The van der Waals surface area contributed by atoms with Crippen molar-refractivity contribution in [1.29, 1.82) is 0 Å². The Balaban J connectivity index is 1.22. The van der Waals surface area contributed by atoms with Crippen LogP contribution in [0, 0.1) is 11.8 Å². The number of amides is 4. The summed E-state index contributed by atoms with van der Waals surface area (Å²) in [5, 5.41) is 5.42. The molecule has 0 aliphatic carbocycles. The standard InChI is InChI=1S/C48H62N8O10/c1-27(2)39(53-47(59)63-7)45(57)55-19-9-11-37(55)43-49-33-17-13-29(25-35(33)51-43)31-15-16-32(42(66-24-22-62-6)41(31)65-23-21-61-5)30-14-18-34-36(26-30)52-44(50-34)38-12-10-20-56(38)46(58)40(28(3)4)54-48(60)64-8/h13-18,25-28,37-40H,9-12,19-24H2,1-8H3,(H,49,51)(H,50,52)(H,53,59)(H,54,60)/t37-,38-,39-,40-/m0/s1. The number of imidazole rings is 2. The van der Waals surface area contributed by atoms with Crippen LogP contribution in [-0.2, 0) is 28.5 Å². The number of hydrogen-bond acceptors (Lipinski definition) is 12. The number of H-pyrrole nitrogens is 2. The summed E-state index contributed by atoms with van der Waals surface area (Å²) in [6.45, 7) is 9.84. The van der Waals surface area contributed by atoms with Crippen LogP contribution in [-0.4, -0.2) is 134 Å². The van der Waals surface area contributed by atoms with Gasteiger partial charge in [0.1, 0.15) is 36.9 Å². The molecule has 2 aromatic heterocycles. The Hall–Kier alpha value is -6.40. The van der Waals surface area contributed by atoms with E-state index < -0.39 is 24.3 Å². The molecule has 0 spiro atoms. The normalized spacial score (nSPS) is 17.1. The van der Waals surface area contributed by atoms with Crippen LogP contribution in [0.5, 0.6) is 11.5 Å². The molecule has 0 saturated carbocycles. The fourth-order valence-electron chi connectivity index (χ4n) is 8.85. The maximum absolute atomic E-state index is 13.8. The predicted molar refractivity (Wildman–Crippen MR) is 247 cm³/mol. The van der Waals surface area contributed by atoms with Crippen molar-refractivity contribution in [3.8, 4) is 33.8 Å². The zero-order valence-electron chi connectivity index (χ0n) is 39.0. The monoisotopic (exact) mass is 910 g/mol. The van der Waals surface area contributed by atoms with E-state index in [4.69, 9.17) is 38.4 Å². The van der Waals surface area contributed by atoms with Gasteiger partial charge in [0.2, 0.25) is 11.8 Å². The highest BCUT2D eigenvalue weighted by Gasteiger charge is 2.39. The van der Waals surface area contributed by atoms with Crippen molar-refractivity contribution >= 4 is 46.1 Å². The van der Waals surface area contributed by atoms with E-state index in [0.717, 1.165) is 70.0 Å². The highest BCUT2D eigenvalue weighted by atomic mass is 16.6. The number of rotatable bonds is 18. The molecule has 2 aliphatic rings. The number of nitrogens with zero attached hydrogens (tertiary/aromatic N) is 4. The predicted octanol–water partition coefficient (Wildman–Crippen LogP) is 6.91. The van der Waals surface area contributed by atoms with Gasteiger partial charge in [-0.2, -0.15) is 0 Å². The van der Waals surface area contributed by atoms with E-state index in [1.165, 1.54) is 14.2 Å². The smallest absolute Gasteiger partial charge is 0.407 e. The van der Waals surface area contributed by atoms with Crippen LogP contribution in [0.1, 0.15) is 77.1 Å². The molecule has 354 valence electrons. The molecule has 3 aromatic carbocycles. The Morgan fingerprint density at radius 1 is 0.621 bits per heavy atom. The third kappa shape index (κ3) is 10.2. The maximum atomic E-state index is 13.8. The minimum absolute atomic E-state index is 0.151. The number of ether oxygens (including phenoxy) is 6. The molecule has 4 heterocycles. The van der Waals surface area contributed by atoms with Crippen molar-refractivity contribution in [3.05, 3.63) is 60.2 Å². The molecule has 2 aliphatic heterocycles. The molecule has 0 radical (unpaired) electrons. The lowest BCUT2D eigenvalue weighted by Crippen LogP contribution is -2.51. The first-order valence-electron chi connectivity index (χ1n) is 22.6. The average Bonchev–Trinajstić information content (AvgIpc) is 4.15. The largest absolute Gasteiger partial charge is 0.487 e. The van der Waals surface area contributed by atoms with Crippen LogP contribution in [0.15, 0.2) is 48.5 Å². The van der Waals surface area contributed by atoms with Gasteiger partial charge in [0.25, 0.3) is 0 Å². The van der Waals surface area contributed by atoms with Gasteiger partial charge >= 0.3 is 12.2 Å². The first-order valence-corrected chi connectivity index (χ1v) is 22.6. The van der Waals surface area contributed by atoms with E-state index in [1.54, 1.807) is 24.0 Å². The van der Waals surface area contributed by atoms with E-state index in [9.17, 15) is 19.2 Å². The molecule has 4 atom stereocenters. The van der Waals surface area contributed by atoms with E-state index in [2.05, 4.69) is 20.6 Å². The highest BCUT2D eigenvalue weighted by Crippen LogP contribution is 2.46. The number of likely N-dealkylation sites (tertiary alicyclic amines) is 2. The van der Waals surface area contributed by atoms with Crippen LogP contribution >= 0.6 is 0 Å². The summed E-state index contributed by atoms with van der Waals surface area (Å²) < 4.78 is 33.5. The minimum Gasteiger partial charge on any atom is -0.487 e. The fourth-order valence-corrected chi connectivity index (χ4v) is 8.85. The Bertz CT molecular complexity index is 2350. The van der Waals surface area contributed by atoms with Crippen LogP contribution in [0.3, 0.4) is 0 Å². The van der Waals surface area contributed by atoms with Gasteiger partial charge in [0.05, 0.1) is 61.6 Å². The van der Waals surface area contributed by atoms with Crippen molar-refractivity contribution in [2.45, 2.75) is 77.5 Å². The highest BCUT2D eigenvalue weighted by molar-refractivity contribution is 5.91.